The summed E-state index contributed by atoms with van der Waals surface area (Å²) in [5, 5.41) is 19.3. The first kappa shape index (κ1) is 11.1. The normalized spacial score (nSPS) is 10.9. The van der Waals surface area contributed by atoms with Crippen LogP contribution in [-0.2, 0) is 0 Å². The van der Waals surface area contributed by atoms with Crippen molar-refractivity contribution in [1.82, 2.24) is 9.38 Å². The van der Waals surface area contributed by atoms with Gasteiger partial charge in [-0.2, -0.15) is 0 Å². The fourth-order valence-corrected chi connectivity index (χ4v) is 2.49. The smallest absolute Gasteiger partial charge is 0.146 e. The minimum absolute atomic E-state index is 0.156. The van der Waals surface area contributed by atoms with Crippen molar-refractivity contribution in [3.63, 3.8) is 0 Å². The number of pyridine rings is 1. The van der Waals surface area contributed by atoms with E-state index in [9.17, 15) is 10.2 Å². The zero-order valence-corrected chi connectivity index (χ0v) is 10.8. The van der Waals surface area contributed by atoms with Gasteiger partial charge in [-0.05, 0) is 40.2 Å². The lowest BCUT2D eigenvalue weighted by atomic mass is 10.2. The predicted molar refractivity (Wildman–Crippen MR) is 71.7 cm³/mol. The van der Waals surface area contributed by atoms with E-state index in [0.717, 1.165) is 5.56 Å². The largest absolute Gasteiger partial charge is 0.508 e. The number of imidazole rings is 1. The lowest BCUT2D eigenvalue weighted by Crippen LogP contribution is -1.88. The highest BCUT2D eigenvalue weighted by Crippen LogP contribution is 2.32. The topological polar surface area (TPSA) is 57.8 Å². The molecule has 3 aromatic rings. The van der Waals surface area contributed by atoms with Crippen molar-refractivity contribution in [2.45, 2.75) is 0 Å². The molecule has 0 aliphatic carbocycles. The fourth-order valence-electron chi connectivity index (χ4n) is 1.93. The van der Waals surface area contributed by atoms with E-state index in [4.69, 9.17) is 0 Å². The van der Waals surface area contributed by atoms with E-state index in [-0.39, 0.29) is 11.5 Å². The maximum absolute atomic E-state index is 9.83. The van der Waals surface area contributed by atoms with Gasteiger partial charge in [0.05, 0.1) is 0 Å². The summed E-state index contributed by atoms with van der Waals surface area (Å²) >= 11 is 3.33. The van der Waals surface area contributed by atoms with Crippen LogP contribution in [0.15, 0.2) is 47.2 Å². The highest BCUT2D eigenvalue weighted by molar-refractivity contribution is 9.10. The minimum Gasteiger partial charge on any atom is -0.508 e. The van der Waals surface area contributed by atoms with Crippen LogP contribution in [0, 0.1) is 0 Å². The molecule has 0 unspecified atom stereocenters. The Labute approximate surface area is 111 Å². The number of aromatic hydroxyl groups is 2. The molecule has 0 aliphatic heterocycles. The second-order valence-corrected chi connectivity index (χ2v) is 4.64. The van der Waals surface area contributed by atoms with Gasteiger partial charge in [0.2, 0.25) is 0 Å². The Bertz CT molecular complexity index is 737. The van der Waals surface area contributed by atoms with Crippen molar-refractivity contribution in [2.75, 3.05) is 0 Å². The standard InChI is InChI=1S/C13H9BrN2O2/c14-12-11-10(18)5-2-6-16(11)13(15-12)8-3-1-4-9(17)7-8/h1-7,17-18H. The van der Waals surface area contributed by atoms with Crippen LogP contribution in [0.4, 0.5) is 0 Å². The Hall–Kier alpha value is -2.01. The van der Waals surface area contributed by atoms with Crippen LogP contribution in [0.3, 0.4) is 0 Å². The van der Waals surface area contributed by atoms with Crippen LogP contribution in [0.2, 0.25) is 0 Å². The summed E-state index contributed by atoms with van der Waals surface area (Å²) in [6.45, 7) is 0. The third kappa shape index (κ3) is 1.64. The first-order valence-corrected chi connectivity index (χ1v) is 6.11. The van der Waals surface area contributed by atoms with E-state index >= 15 is 0 Å². The van der Waals surface area contributed by atoms with Crippen LogP contribution in [0.5, 0.6) is 11.5 Å². The first-order chi connectivity index (χ1) is 8.66. The lowest BCUT2D eigenvalue weighted by Gasteiger charge is -2.02. The fraction of sp³-hybridized carbons (Fsp3) is 0. The quantitative estimate of drug-likeness (QED) is 0.726. The van der Waals surface area contributed by atoms with E-state index < -0.39 is 0 Å². The molecule has 0 fully saturated rings. The highest BCUT2D eigenvalue weighted by atomic mass is 79.9. The van der Waals surface area contributed by atoms with Gasteiger partial charge in [-0.15, -0.1) is 0 Å². The summed E-state index contributed by atoms with van der Waals surface area (Å²) in [6, 6.07) is 10.2. The number of fused-ring (bicyclic) bond motifs is 1. The molecule has 90 valence electrons. The number of phenols is 1. The van der Waals surface area contributed by atoms with Gasteiger partial charge < -0.3 is 10.2 Å². The number of rotatable bonds is 1. The van der Waals surface area contributed by atoms with Crippen molar-refractivity contribution in [3.05, 3.63) is 47.2 Å². The Morgan fingerprint density at radius 2 is 1.94 bits per heavy atom. The monoisotopic (exact) mass is 304 g/mol. The molecule has 0 saturated carbocycles. The van der Waals surface area contributed by atoms with Crippen molar-refractivity contribution >= 4 is 21.4 Å². The summed E-state index contributed by atoms with van der Waals surface area (Å²) in [6.07, 6.45) is 1.81. The molecule has 4 nitrogen and oxygen atoms in total. The molecule has 0 radical (unpaired) electrons. The van der Waals surface area contributed by atoms with Crippen LogP contribution < -0.4 is 0 Å². The molecule has 2 aromatic heterocycles. The van der Waals surface area contributed by atoms with Crippen LogP contribution in [0.25, 0.3) is 16.9 Å². The van der Waals surface area contributed by atoms with Gasteiger partial charge in [0.1, 0.15) is 27.4 Å². The average Bonchev–Trinajstić information content (AvgIpc) is 2.68. The number of phenolic OH excluding ortho intramolecular Hbond substituents is 1. The van der Waals surface area contributed by atoms with E-state index in [1.807, 2.05) is 12.3 Å². The maximum atomic E-state index is 9.83. The molecule has 0 saturated heterocycles. The molecule has 0 amide bonds. The zero-order valence-electron chi connectivity index (χ0n) is 9.21. The number of aromatic nitrogens is 2. The maximum Gasteiger partial charge on any atom is 0.146 e. The number of hydrogen-bond donors (Lipinski definition) is 2. The van der Waals surface area contributed by atoms with Crippen LogP contribution in [0.1, 0.15) is 0 Å². The number of nitrogens with zero attached hydrogens (tertiary/aromatic N) is 2. The summed E-state index contributed by atoms with van der Waals surface area (Å²) < 4.78 is 2.34. The first-order valence-electron chi connectivity index (χ1n) is 5.32. The third-order valence-corrected chi connectivity index (χ3v) is 3.26. The summed E-state index contributed by atoms with van der Waals surface area (Å²) in [4.78, 5) is 4.37. The van der Waals surface area contributed by atoms with Crippen molar-refractivity contribution < 1.29 is 10.2 Å². The van der Waals surface area contributed by atoms with Gasteiger partial charge in [-0.25, -0.2) is 4.98 Å². The second kappa shape index (κ2) is 4.03. The molecule has 0 aliphatic rings. The Morgan fingerprint density at radius 3 is 2.72 bits per heavy atom. The van der Waals surface area contributed by atoms with Gasteiger partial charge in [0.15, 0.2) is 0 Å². The Kier molecular flexibility index (Phi) is 2.48. The molecule has 2 heterocycles. The van der Waals surface area contributed by atoms with Crippen LogP contribution in [-0.4, -0.2) is 19.6 Å². The predicted octanol–water partition coefficient (Wildman–Crippen LogP) is 3.18. The number of halogens is 1. The van der Waals surface area contributed by atoms with Gasteiger partial charge in [0, 0.05) is 11.8 Å². The zero-order chi connectivity index (χ0) is 12.7. The van der Waals surface area contributed by atoms with E-state index in [1.165, 1.54) is 0 Å². The number of benzene rings is 1. The Morgan fingerprint density at radius 1 is 1.11 bits per heavy atom. The molecule has 18 heavy (non-hydrogen) atoms. The Balaban J connectivity index is 2.34. The summed E-state index contributed by atoms with van der Waals surface area (Å²) in [5.74, 6) is 0.993. The van der Waals surface area contributed by atoms with Gasteiger partial charge in [-0.3, -0.25) is 4.40 Å². The lowest BCUT2D eigenvalue weighted by molar-refractivity contribution is 0.475. The van der Waals surface area contributed by atoms with E-state index in [0.29, 0.717) is 15.9 Å². The summed E-state index contributed by atoms with van der Waals surface area (Å²) in [7, 11) is 0. The third-order valence-electron chi connectivity index (χ3n) is 2.70. The average molecular weight is 305 g/mol. The van der Waals surface area contributed by atoms with Crippen molar-refractivity contribution in [3.8, 4) is 22.9 Å². The molecule has 2 N–H and O–H groups in total. The SMILES string of the molecule is Oc1cccc(-c2nc(Br)c3c(O)cccn23)c1. The van der Waals surface area contributed by atoms with Crippen molar-refractivity contribution in [2.24, 2.45) is 0 Å². The molecule has 5 heteroatoms. The molecule has 1 aromatic carbocycles. The number of hydrogen-bond acceptors (Lipinski definition) is 3. The molecular formula is C13H9BrN2O2. The molecule has 3 rings (SSSR count). The van der Waals surface area contributed by atoms with Gasteiger partial charge in [-0.1, -0.05) is 12.1 Å². The van der Waals surface area contributed by atoms with Gasteiger partial charge in [0.25, 0.3) is 0 Å². The van der Waals surface area contributed by atoms with Gasteiger partial charge >= 0.3 is 0 Å². The highest BCUT2D eigenvalue weighted by Gasteiger charge is 2.13. The second-order valence-electron chi connectivity index (χ2n) is 3.89. The molecule has 0 spiro atoms. The van der Waals surface area contributed by atoms with E-state index in [2.05, 4.69) is 20.9 Å². The summed E-state index contributed by atoms with van der Waals surface area (Å²) in [5.41, 5.74) is 1.39. The van der Waals surface area contributed by atoms with E-state index in [1.54, 1.807) is 34.7 Å². The minimum atomic E-state index is 0.156. The van der Waals surface area contributed by atoms with Crippen molar-refractivity contribution in [1.29, 1.82) is 0 Å². The molecular weight excluding hydrogens is 296 g/mol. The van der Waals surface area contributed by atoms with Crippen LogP contribution >= 0.6 is 15.9 Å². The molecule has 0 bridgehead atoms. The molecule has 0 atom stereocenters.